The maximum absolute atomic E-state index is 14.2. The number of likely N-dealkylation sites (N-methyl/N-ethyl adjacent to an activating group) is 1. The number of fused-ring (bicyclic) bond motifs is 1. The molecule has 55 heavy (non-hydrogen) atoms. The van der Waals surface area contributed by atoms with E-state index in [0.717, 1.165) is 47.8 Å². The molecule has 1 fully saturated rings. The number of aliphatic hydroxyl groups is 1. The standard InChI is InChI=1S/C42H55N7O6/c1-4-49-19-11-17-33(49)25-44-39(51)23-38(50)35(20-28(2)3)46-41(53)37(22-32-24-43-27-45-32)47-40(52)36(48-42(54)55-26-29-12-6-5-7-13-29)21-31-16-10-15-30-14-8-9-18-34(30)31/h5-10,12-16,18,24,27-28,33,35-38,50H,4,11,17,19-23,25-26H2,1-3H3,(H,43,45)(H,44,51)(H,46,53)(H,47,52)(H,48,54)/t33?,35?,36-,37-,38?/m0/s1. The molecule has 3 aromatic carbocycles. The second-order valence-electron chi connectivity index (χ2n) is 14.7. The number of carbonyl (C=O) groups excluding carboxylic acids is 4. The second kappa shape index (κ2) is 20.4. The van der Waals surface area contributed by atoms with Gasteiger partial charge in [0.2, 0.25) is 17.7 Å². The van der Waals surface area contributed by atoms with Crippen LogP contribution in [0.4, 0.5) is 4.79 Å². The fourth-order valence-electron chi connectivity index (χ4n) is 7.18. The molecular formula is C42H55N7O6. The van der Waals surface area contributed by atoms with Gasteiger partial charge in [0.15, 0.2) is 0 Å². The van der Waals surface area contributed by atoms with Crippen molar-refractivity contribution >= 4 is 34.6 Å². The lowest BCUT2D eigenvalue weighted by Gasteiger charge is -2.29. The number of imidazole rings is 1. The van der Waals surface area contributed by atoms with E-state index >= 15 is 0 Å². The first-order chi connectivity index (χ1) is 26.6. The van der Waals surface area contributed by atoms with E-state index in [4.69, 9.17) is 4.74 Å². The van der Waals surface area contributed by atoms with E-state index in [9.17, 15) is 24.3 Å². The molecule has 1 aromatic heterocycles. The Balaban J connectivity index is 1.31. The summed E-state index contributed by atoms with van der Waals surface area (Å²) in [6, 6.07) is 20.0. The number of aromatic nitrogens is 2. The molecule has 2 heterocycles. The zero-order valence-corrected chi connectivity index (χ0v) is 32.0. The van der Waals surface area contributed by atoms with E-state index < -0.39 is 42.1 Å². The van der Waals surface area contributed by atoms with E-state index in [-0.39, 0.29) is 43.7 Å². The van der Waals surface area contributed by atoms with Crippen LogP contribution in [0.25, 0.3) is 10.8 Å². The number of aromatic amines is 1. The van der Waals surface area contributed by atoms with E-state index in [0.29, 0.717) is 18.7 Å². The van der Waals surface area contributed by atoms with Gasteiger partial charge in [0, 0.05) is 31.6 Å². The van der Waals surface area contributed by atoms with Crippen LogP contribution in [0, 0.1) is 5.92 Å². The lowest BCUT2D eigenvalue weighted by atomic mass is 9.96. The molecule has 4 amide bonds. The highest BCUT2D eigenvalue weighted by molar-refractivity contribution is 5.93. The molecule has 4 aromatic rings. The Hall–Kier alpha value is -5.27. The Labute approximate surface area is 323 Å². The molecular weight excluding hydrogens is 699 g/mol. The monoisotopic (exact) mass is 753 g/mol. The number of amides is 4. The Morgan fingerprint density at radius 3 is 2.40 bits per heavy atom. The number of hydrogen-bond donors (Lipinski definition) is 6. The third-order valence-corrected chi connectivity index (χ3v) is 10.1. The predicted octanol–water partition coefficient (Wildman–Crippen LogP) is 4.01. The number of nitrogens with zero attached hydrogens (tertiary/aromatic N) is 2. The summed E-state index contributed by atoms with van der Waals surface area (Å²) in [5.74, 6) is -1.37. The van der Waals surface area contributed by atoms with Gasteiger partial charge in [0.25, 0.3) is 0 Å². The first-order valence-electron chi connectivity index (χ1n) is 19.3. The highest BCUT2D eigenvalue weighted by Crippen LogP contribution is 2.21. The highest BCUT2D eigenvalue weighted by atomic mass is 16.5. The molecule has 13 heteroatoms. The third kappa shape index (κ3) is 12.4. The number of nitrogens with one attached hydrogen (secondary N) is 5. The minimum absolute atomic E-state index is 0.00875. The lowest BCUT2D eigenvalue weighted by molar-refractivity contribution is -0.131. The van der Waals surface area contributed by atoms with Crippen molar-refractivity contribution in [2.24, 2.45) is 5.92 Å². The minimum atomic E-state index is -1.17. The maximum Gasteiger partial charge on any atom is 0.408 e. The number of alkyl carbamates (subject to hydrolysis) is 1. The number of likely N-dealkylation sites (tertiary alicyclic amines) is 1. The van der Waals surface area contributed by atoms with Crippen LogP contribution in [0.2, 0.25) is 0 Å². The van der Waals surface area contributed by atoms with Gasteiger partial charge in [0.05, 0.1) is 30.6 Å². The van der Waals surface area contributed by atoms with Gasteiger partial charge < -0.3 is 36.1 Å². The summed E-state index contributed by atoms with van der Waals surface area (Å²) in [4.78, 5) is 63.9. The predicted molar refractivity (Wildman–Crippen MR) is 211 cm³/mol. The van der Waals surface area contributed by atoms with Crippen molar-refractivity contribution in [3.05, 3.63) is 102 Å². The normalized spacial score (nSPS) is 16.6. The van der Waals surface area contributed by atoms with Crippen LogP contribution in [0.5, 0.6) is 0 Å². The summed E-state index contributed by atoms with van der Waals surface area (Å²) in [5.41, 5.74) is 2.13. The van der Waals surface area contributed by atoms with Crippen LogP contribution >= 0.6 is 0 Å². The topological polar surface area (TPSA) is 178 Å². The summed E-state index contributed by atoms with van der Waals surface area (Å²) < 4.78 is 5.49. The van der Waals surface area contributed by atoms with E-state index in [2.05, 4.69) is 43.1 Å². The molecule has 3 unspecified atom stereocenters. The van der Waals surface area contributed by atoms with Crippen molar-refractivity contribution in [3.8, 4) is 0 Å². The Morgan fingerprint density at radius 2 is 1.65 bits per heavy atom. The molecule has 6 N–H and O–H groups in total. The van der Waals surface area contributed by atoms with Crippen molar-refractivity contribution in [3.63, 3.8) is 0 Å². The van der Waals surface area contributed by atoms with Crippen LogP contribution in [-0.4, -0.2) is 93.7 Å². The highest BCUT2D eigenvalue weighted by Gasteiger charge is 2.32. The summed E-state index contributed by atoms with van der Waals surface area (Å²) in [7, 11) is 0. The summed E-state index contributed by atoms with van der Waals surface area (Å²) in [6.45, 7) is 8.48. The van der Waals surface area contributed by atoms with E-state index in [1.54, 1.807) is 6.20 Å². The van der Waals surface area contributed by atoms with Gasteiger partial charge in [-0.25, -0.2) is 9.78 Å². The average molecular weight is 754 g/mol. The largest absolute Gasteiger partial charge is 0.445 e. The fourth-order valence-corrected chi connectivity index (χ4v) is 7.18. The van der Waals surface area contributed by atoms with Crippen molar-refractivity contribution < 1.29 is 29.0 Å². The molecule has 0 saturated carbocycles. The zero-order valence-electron chi connectivity index (χ0n) is 32.0. The van der Waals surface area contributed by atoms with Gasteiger partial charge in [-0.2, -0.15) is 0 Å². The van der Waals surface area contributed by atoms with Crippen molar-refractivity contribution in [1.29, 1.82) is 0 Å². The first-order valence-corrected chi connectivity index (χ1v) is 19.3. The number of hydrogen-bond acceptors (Lipinski definition) is 8. The van der Waals surface area contributed by atoms with Crippen molar-refractivity contribution in [1.82, 2.24) is 36.1 Å². The SMILES string of the molecule is CCN1CCCC1CNC(=O)CC(O)C(CC(C)C)NC(=O)[C@H](Cc1c[nH]cn1)NC(=O)[C@H](Cc1cccc2ccccc12)NC(=O)OCc1ccccc1. The summed E-state index contributed by atoms with van der Waals surface area (Å²) >= 11 is 0. The van der Waals surface area contributed by atoms with E-state index in [1.165, 1.54) is 6.33 Å². The van der Waals surface area contributed by atoms with Gasteiger partial charge in [0.1, 0.15) is 18.7 Å². The molecule has 1 aliphatic rings. The fraction of sp³-hybridized carbons (Fsp3) is 0.452. The average Bonchev–Trinajstić information content (AvgIpc) is 3.88. The quantitative estimate of drug-likeness (QED) is 0.0832. The number of H-pyrrole nitrogens is 1. The number of benzene rings is 3. The minimum Gasteiger partial charge on any atom is -0.445 e. The Kier molecular flexibility index (Phi) is 15.2. The van der Waals surface area contributed by atoms with Crippen molar-refractivity contribution in [2.75, 3.05) is 19.6 Å². The van der Waals surface area contributed by atoms with Crippen LogP contribution in [-0.2, 0) is 38.6 Å². The van der Waals surface area contributed by atoms with E-state index in [1.807, 2.05) is 86.6 Å². The molecule has 13 nitrogen and oxygen atoms in total. The van der Waals surface area contributed by atoms with Crippen LogP contribution in [0.15, 0.2) is 85.3 Å². The molecule has 0 bridgehead atoms. The molecule has 5 rings (SSSR count). The Bertz CT molecular complexity index is 1830. The van der Waals surface area contributed by atoms with Crippen LogP contribution in [0.3, 0.4) is 0 Å². The van der Waals surface area contributed by atoms with Gasteiger partial charge in [-0.15, -0.1) is 0 Å². The van der Waals surface area contributed by atoms with Gasteiger partial charge >= 0.3 is 6.09 Å². The van der Waals surface area contributed by atoms with Gasteiger partial charge in [-0.1, -0.05) is 93.6 Å². The smallest absolute Gasteiger partial charge is 0.408 e. The second-order valence-corrected chi connectivity index (χ2v) is 14.7. The Morgan fingerprint density at radius 1 is 0.927 bits per heavy atom. The zero-order chi connectivity index (χ0) is 39.2. The number of ether oxygens (including phenoxy) is 1. The lowest BCUT2D eigenvalue weighted by Crippen LogP contribution is -2.57. The summed E-state index contributed by atoms with van der Waals surface area (Å²) in [5, 5.41) is 24.7. The van der Waals surface area contributed by atoms with Gasteiger partial charge in [-0.3, -0.25) is 19.3 Å². The molecule has 0 radical (unpaired) electrons. The van der Waals surface area contributed by atoms with Crippen LogP contribution in [0.1, 0.15) is 63.3 Å². The third-order valence-electron chi connectivity index (χ3n) is 10.1. The van der Waals surface area contributed by atoms with Crippen LogP contribution < -0.4 is 21.3 Å². The van der Waals surface area contributed by atoms with Crippen molar-refractivity contribution in [2.45, 2.75) is 96.2 Å². The molecule has 0 spiro atoms. The number of rotatable bonds is 19. The molecule has 0 aliphatic carbocycles. The molecule has 1 saturated heterocycles. The first kappa shape index (κ1) is 40.9. The molecule has 5 atom stereocenters. The number of carbonyl (C=O) groups is 4. The molecule has 294 valence electrons. The maximum atomic E-state index is 14.2. The summed E-state index contributed by atoms with van der Waals surface area (Å²) in [6.07, 6.45) is 3.62. The molecule has 1 aliphatic heterocycles. The number of aliphatic hydroxyl groups excluding tert-OH is 1. The van der Waals surface area contributed by atoms with Gasteiger partial charge in [-0.05, 0) is 60.2 Å².